The molecule has 4 rings (SSSR count). The quantitative estimate of drug-likeness (QED) is 0.889. The van der Waals surface area contributed by atoms with Gasteiger partial charge in [0, 0.05) is 18.8 Å². The lowest BCUT2D eigenvalue weighted by Gasteiger charge is -2.26. The van der Waals surface area contributed by atoms with Crippen molar-refractivity contribution in [3.8, 4) is 5.75 Å². The SMILES string of the molecule is COc1ccc(NC(=O)N2CC3CC(O)(c4ccccc4)CC3C2)cc1. The molecule has 5 nitrogen and oxygen atoms in total. The Kier molecular flexibility index (Phi) is 4.32. The summed E-state index contributed by atoms with van der Waals surface area (Å²) >= 11 is 0. The van der Waals surface area contributed by atoms with Crippen LogP contribution in [0.4, 0.5) is 10.5 Å². The monoisotopic (exact) mass is 352 g/mol. The van der Waals surface area contributed by atoms with Crippen LogP contribution in [0.3, 0.4) is 0 Å². The van der Waals surface area contributed by atoms with Crippen molar-refractivity contribution in [3.05, 3.63) is 60.2 Å². The van der Waals surface area contributed by atoms with E-state index in [0.717, 1.165) is 17.0 Å². The molecule has 26 heavy (non-hydrogen) atoms. The minimum absolute atomic E-state index is 0.0761. The molecule has 2 amide bonds. The van der Waals surface area contributed by atoms with Crippen LogP contribution < -0.4 is 10.1 Å². The average Bonchev–Trinajstić information content (AvgIpc) is 3.19. The predicted octanol–water partition coefficient (Wildman–Crippen LogP) is 3.46. The van der Waals surface area contributed by atoms with Crippen LogP contribution in [0.15, 0.2) is 54.6 Å². The second kappa shape index (κ2) is 6.65. The molecule has 2 aromatic carbocycles. The highest BCUT2D eigenvalue weighted by Gasteiger charge is 2.49. The summed E-state index contributed by atoms with van der Waals surface area (Å²) in [5.41, 5.74) is 0.993. The van der Waals surface area contributed by atoms with Crippen molar-refractivity contribution in [2.24, 2.45) is 11.8 Å². The molecule has 1 aliphatic heterocycles. The molecule has 2 fully saturated rings. The molecule has 1 heterocycles. The topological polar surface area (TPSA) is 61.8 Å². The Morgan fingerprint density at radius 2 is 1.69 bits per heavy atom. The summed E-state index contributed by atoms with van der Waals surface area (Å²) < 4.78 is 5.13. The fraction of sp³-hybridized carbons (Fsp3) is 0.381. The maximum absolute atomic E-state index is 12.6. The second-order valence-electron chi connectivity index (χ2n) is 7.39. The molecule has 0 aromatic heterocycles. The molecule has 2 unspecified atom stereocenters. The Hall–Kier alpha value is -2.53. The van der Waals surface area contributed by atoms with Crippen LogP contribution in [0.5, 0.6) is 5.75 Å². The summed E-state index contributed by atoms with van der Waals surface area (Å²) in [5.74, 6) is 1.46. The number of nitrogens with zero attached hydrogens (tertiary/aromatic N) is 1. The molecular formula is C21H24N2O3. The van der Waals surface area contributed by atoms with E-state index in [9.17, 15) is 9.90 Å². The van der Waals surface area contributed by atoms with Gasteiger partial charge < -0.3 is 20.1 Å². The molecule has 2 atom stereocenters. The zero-order valence-electron chi connectivity index (χ0n) is 14.9. The van der Waals surface area contributed by atoms with E-state index in [-0.39, 0.29) is 6.03 Å². The zero-order chi connectivity index (χ0) is 18.1. The summed E-state index contributed by atoms with van der Waals surface area (Å²) in [7, 11) is 1.62. The third-order valence-electron chi connectivity index (χ3n) is 5.72. The van der Waals surface area contributed by atoms with Crippen molar-refractivity contribution in [2.45, 2.75) is 18.4 Å². The summed E-state index contributed by atoms with van der Waals surface area (Å²) in [6.07, 6.45) is 1.43. The van der Waals surface area contributed by atoms with E-state index in [2.05, 4.69) is 5.32 Å². The maximum atomic E-state index is 12.6. The van der Waals surface area contributed by atoms with Gasteiger partial charge in [-0.25, -0.2) is 4.79 Å². The first-order valence-corrected chi connectivity index (χ1v) is 9.05. The van der Waals surface area contributed by atoms with Gasteiger partial charge in [-0.1, -0.05) is 30.3 Å². The van der Waals surface area contributed by atoms with E-state index in [4.69, 9.17) is 4.74 Å². The van der Waals surface area contributed by atoms with Crippen molar-refractivity contribution in [2.75, 3.05) is 25.5 Å². The fourth-order valence-electron chi connectivity index (χ4n) is 4.38. The summed E-state index contributed by atoms with van der Waals surface area (Å²) in [6, 6.07) is 17.1. The summed E-state index contributed by atoms with van der Waals surface area (Å²) in [4.78, 5) is 14.4. The summed E-state index contributed by atoms with van der Waals surface area (Å²) in [5, 5.41) is 14.0. The Balaban J connectivity index is 1.37. The van der Waals surface area contributed by atoms with Gasteiger partial charge in [0.1, 0.15) is 5.75 Å². The van der Waals surface area contributed by atoms with Gasteiger partial charge in [0.05, 0.1) is 12.7 Å². The third kappa shape index (κ3) is 3.15. The number of hydrogen-bond donors (Lipinski definition) is 2. The summed E-state index contributed by atoms with van der Waals surface area (Å²) in [6.45, 7) is 1.39. The van der Waals surface area contributed by atoms with E-state index < -0.39 is 5.60 Å². The molecule has 2 aromatic rings. The molecule has 2 aliphatic rings. The molecule has 136 valence electrons. The van der Waals surface area contributed by atoms with Crippen LogP contribution in [-0.2, 0) is 5.60 Å². The van der Waals surface area contributed by atoms with Crippen LogP contribution in [-0.4, -0.2) is 36.2 Å². The van der Waals surface area contributed by atoms with Crippen molar-refractivity contribution >= 4 is 11.7 Å². The molecule has 1 saturated heterocycles. The molecule has 5 heteroatoms. The molecule has 1 saturated carbocycles. The number of anilines is 1. The molecule has 0 spiro atoms. The Morgan fingerprint density at radius 1 is 1.08 bits per heavy atom. The standard InChI is InChI=1S/C21H24N2O3/c1-26-19-9-7-18(8-10-19)22-20(24)23-13-15-11-21(25,12-16(15)14-23)17-5-3-2-4-6-17/h2-10,15-16,25H,11-14H2,1H3,(H,22,24). The van der Waals surface area contributed by atoms with E-state index >= 15 is 0 Å². The van der Waals surface area contributed by atoms with Crippen molar-refractivity contribution in [1.82, 2.24) is 4.90 Å². The normalized spacial score (nSPS) is 27.2. The number of methoxy groups -OCH3 is 1. The smallest absolute Gasteiger partial charge is 0.321 e. The average molecular weight is 352 g/mol. The lowest BCUT2D eigenvalue weighted by molar-refractivity contribution is 0.0328. The molecular weight excluding hydrogens is 328 g/mol. The number of hydrogen-bond acceptors (Lipinski definition) is 3. The van der Waals surface area contributed by atoms with Gasteiger partial charge in [0.25, 0.3) is 0 Å². The fourth-order valence-corrected chi connectivity index (χ4v) is 4.38. The van der Waals surface area contributed by atoms with Crippen molar-refractivity contribution in [3.63, 3.8) is 0 Å². The second-order valence-corrected chi connectivity index (χ2v) is 7.39. The van der Waals surface area contributed by atoms with Crippen molar-refractivity contribution in [1.29, 1.82) is 0 Å². The van der Waals surface area contributed by atoms with Gasteiger partial charge in [-0.2, -0.15) is 0 Å². The number of likely N-dealkylation sites (tertiary alicyclic amines) is 1. The van der Waals surface area contributed by atoms with E-state index in [1.165, 1.54) is 0 Å². The minimum atomic E-state index is -0.755. The highest BCUT2D eigenvalue weighted by molar-refractivity contribution is 5.89. The number of urea groups is 1. The van der Waals surface area contributed by atoms with Crippen LogP contribution >= 0.6 is 0 Å². The molecule has 1 aliphatic carbocycles. The first-order chi connectivity index (χ1) is 12.6. The van der Waals surface area contributed by atoms with Crippen LogP contribution in [0.2, 0.25) is 0 Å². The largest absolute Gasteiger partial charge is 0.497 e. The molecule has 0 bridgehead atoms. The number of ether oxygens (including phenoxy) is 1. The lowest BCUT2D eigenvalue weighted by atomic mass is 9.90. The Bertz CT molecular complexity index is 762. The number of benzene rings is 2. The van der Waals surface area contributed by atoms with Crippen LogP contribution in [0.25, 0.3) is 0 Å². The zero-order valence-corrected chi connectivity index (χ0v) is 14.9. The highest BCUT2D eigenvalue weighted by atomic mass is 16.5. The molecule has 0 radical (unpaired) electrons. The third-order valence-corrected chi connectivity index (χ3v) is 5.72. The lowest BCUT2D eigenvalue weighted by Crippen LogP contribution is -2.35. The number of carbonyl (C=O) groups is 1. The van der Waals surface area contributed by atoms with E-state index in [0.29, 0.717) is 37.8 Å². The van der Waals surface area contributed by atoms with E-state index in [1.807, 2.05) is 59.5 Å². The highest BCUT2D eigenvalue weighted by Crippen LogP contribution is 2.48. The van der Waals surface area contributed by atoms with Crippen LogP contribution in [0, 0.1) is 11.8 Å². The van der Waals surface area contributed by atoms with Gasteiger partial charge in [-0.05, 0) is 54.5 Å². The number of fused-ring (bicyclic) bond motifs is 1. The Morgan fingerprint density at radius 3 is 2.27 bits per heavy atom. The Labute approximate surface area is 153 Å². The van der Waals surface area contributed by atoms with Gasteiger partial charge in [-0.3, -0.25) is 0 Å². The first kappa shape index (κ1) is 16.9. The number of aliphatic hydroxyl groups is 1. The maximum Gasteiger partial charge on any atom is 0.321 e. The molecule has 2 N–H and O–H groups in total. The van der Waals surface area contributed by atoms with Gasteiger partial charge >= 0.3 is 6.03 Å². The van der Waals surface area contributed by atoms with Crippen LogP contribution in [0.1, 0.15) is 18.4 Å². The van der Waals surface area contributed by atoms with E-state index in [1.54, 1.807) is 7.11 Å². The number of amides is 2. The number of rotatable bonds is 3. The number of nitrogens with one attached hydrogen (secondary N) is 1. The van der Waals surface area contributed by atoms with Gasteiger partial charge in [0.2, 0.25) is 0 Å². The first-order valence-electron chi connectivity index (χ1n) is 9.05. The van der Waals surface area contributed by atoms with Gasteiger partial charge in [-0.15, -0.1) is 0 Å². The van der Waals surface area contributed by atoms with Crippen molar-refractivity contribution < 1.29 is 14.6 Å². The minimum Gasteiger partial charge on any atom is -0.497 e. The predicted molar refractivity (Wildman–Crippen MR) is 100 cm³/mol. The van der Waals surface area contributed by atoms with Gasteiger partial charge in [0.15, 0.2) is 0 Å². The number of carbonyl (C=O) groups excluding carboxylic acids is 1.